The molecular formula is C24H26N8O10S3. The molecule has 45 heavy (non-hydrogen) atoms. The number of aliphatic carboxylic acids is 1. The molecule has 0 radical (unpaired) electrons. The Kier molecular flexibility index (Phi) is 8.51. The van der Waals surface area contributed by atoms with Crippen LogP contribution in [0.25, 0.3) is 11.2 Å². The van der Waals surface area contributed by atoms with Crippen molar-refractivity contribution in [2.75, 3.05) is 24.6 Å². The molecular weight excluding hydrogens is 657 g/mol. The molecule has 0 saturated carbocycles. The number of carboxylic acid groups (broad SMARTS) is 1. The number of β-lactam (4-membered cyclic amide) rings is 1. The van der Waals surface area contributed by atoms with Crippen LogP contribution in [0.3, 0.4) is 0 Å². The number of hydrogen-bond donors (Lipinski definition) is 6. The van der Waals surface area contributed by atoms with E-state index in [-0.39, 0.29) is 46.3 Å². The van der Waals surface area contributed by atoms with Crippen molar-refractivity contribution in [3.05, 3.63) is 46.3 Å². The van der Waals surface area contributed by atoms with Gasteiger partial charge in [-0.1, -0.05) is 6.07 Å². The number of imidazole rings is 1. The number of nitrogens with one attached hydrogen (secondary N) is 2. The van der Waals surface area contributed by atoms with Crippen molar-refractivity contribution >= 4 is 68.2 Å². The topological polar surface area (TPSA) is 261 Å². The van der Waals surface area contributed by atoms with E-state index in [4.69, 9.17) is 14.7 Å². The molecule has 0 bridgehead atoms. The Morgan fingerprint density at radius 1 is 1.22 bits per heavy atom. The summed E-state index contributed by atoms with van der Waals surface area (Å²) in [7, 11) is -4.52. The van der Waals surface area contributed by atoms with Crippen molar-refractivity contribution in [3.8, 4) is 0 Å². The highest BCUT2D eigenvalue weighted by Crippen LogP contribution is 2.40. The zero-order valence-corrected chi connectivity index (χ0v) is 25.4. The molecule has 3 aromatic rings. The first kappa shape index (κ1) is 31.3. The van der Waals surface area contributed by atoms with Crippen molar-refractivity contribution < 1.29 is 47.0 Å². The number of aromatic nitrogens is 4. The standard InChI is InChI=1S/C24H26N8O10S3/c25-19-14-20(27-8-26-19)31(9-28-14)22-18(35)17(34)12(42-22)6-41-45(39,40)29-5-10-7-44-23-15(21(36)32(23)16(10)24(37)38)30-13(33)4-11-2-1-3-43-11/h1-3,8-9,12,15,17-18,22-23,29,34-35H,4-7H2,(H,30,33)(H,37,38)(H2,25,26,27)/t12-,15-,17-,18-,22-,23-/m1/s1. The summed E-state index contributed by atoms with van der Waals surface area (Å²) >= 11 is 2.58. The van der Waals surface area contributed by atoms with Crippen LogP contribution in [0.5, 0.6) is 0 Å². The highest BCUT2D eigenvalue weighted by molar-refractivity contribution is 8.00. The lowest BCUT2D eigenvalue weighted by atomic mass is 10.0. The second-order valence-corrected chi connectivity index (χ2v) is 13.7. The molecule has 6 atom stereocenters. The molecule has 3 aliphatic rings. The number of aliphatic hydroxyl groups excluding tert-OH is 2. The Labute approximate surface area is 262 Å². The van der Waals surface area contributed by atoms with Crippen LogP contribution < -0.4 is 15.8 Å². The molecule has 7 N–H and O–H groups in total. The SMILES string of the molecule is Nc1ncnc2c1ncn2[C@@H]1O[C@H](COS(=O)(=O)NCC2=C(C(=O)O)N3C(=O)[C@@H](NC(=O)Cc4cccs4)[C@H]3SC2)[C@@H](O)[C@H]1O. The third kappa shape index (κ3) is 6.00. The maximum atomic E-state index is 12.9. The number of nitrogens with zero attached hydrogens (tertiary/aromatic N) is 5. The summed E-state index contributed by atoms with van der Waals surface area (Å²) in [6, 6.07) is 2.67. The zero-order chi connectivity index (χ0) is 32.0. The fraction of sp³-hybridized carbons (Fsp3) is 0.417. The quantitative estimate of drug-likeness (QED) is 0.119. The zero-order valence-electron chi connectivity index (χ0n) is 22.9. The first-order valence-electron chi connectivity index (χ1n) is 13.3. The molecule has 6 heterocycles. The van der Waals surface area contributed by atoms with Gasteiger partial charge in [0.1, 0.15) is 47.3 Å². The molecule has 3 aliphatic heterocycles. The van der Waals surface area contributed by atoms with Gasteiger partial charge < -0.3 is 31.1 Å². The third-order valence-electron chi connectivity index (χ3n) is 7.33. The summed E-state index contributed by atoms with van der Waals surface area (Å²) in [5.74, 6) is -2.29. The number of rotatable bonds is 11. The van der Waals surface area contributed by atoms with Crippen LogP contribution in [0.2, 0.25) is 0 Å². The molecule has 0 spiro atoms. The minimum absolute atomic E-state index is 0.0567. The third-order valence-corrected chi connectivity index (χ3v) is 10.5. The number of thioether (sulfide) groups is 1. The lowest BCUT2D eigenvalue weighted by Gasteiger charge is -2.49. The first-order chi connectivity index (χ1) is 21.4. The number of fused-ring (bicyclic) bond motifs is 2. The van der Waals surface area contributed by atoms with Gasteiger partial charge in [-0.2, -0.15) is 13.1 Å². The Bertz CT molecular complexity index is 1780. The molecule has 21 heteroatoms. The van der Waals surface area contributed by atoms with Crippen LogP contribution in [-0.2, 0) is 40.0 Å². The van der Waals surface area contributed by atoms with E-state index in [0.29, 0.717) is 0 Å². The van der Waals surface area contributed by atoms with E-state index in [1.165, 1.54) is 40.3 Å². The van der Waals surface area contributed by atoms with Gasteiger partial charge in [0.05, 0.1) is 19.4 Å². The minimum atomic E-state index is -4.52. The van der Waals surface area contributed by atoms with Gasteiger partial charge in [-0.05, 0) is 17.0 Å². The van der Waals surface area contributed by atoms with E-state index in [0.717, 1.165) is 9.78 Å². The van der Waals surface area contributed by atoms with Crippen LogP contribution in [0.4, 0.5) is 5.82 Å². The first-order valence-corrected chi connectivity index (χ1v) is 16.6. The average molecular weight is 683 g/mol. The van der Waals surface area contributed by atoms with Crippen molar-refractivity contribution in [2.45, 2.75) is 42.4 Å². The summed E-state index contributed by atoms with van der Waals surface area (Å²) in [5, 5.41) is 34.7. The predicted molar refractivity (Wildman–Crippen MR) is 156 cm³/mol. The van der Waals surface area contributed by atoms with Gasteiger partial charge >= 0.3 is 16.3 Å². The monoisotopic (exact) mass is 682 g/mol. The number of carbonyl (C=O) groups is 3. The van der Waals surface area contributed by atoms with Crippen LogP contribution in [0.1, 0.15) is 11.1 Å². The number of carboxylic acids is 1. The van der Waals surface area contributed by atoms with Crippen molar-refractivity contribution in [1.82, 2.24) is 34.5 Å². The predicted octanol–water partition coefficient (Wildman–Crippen LogP) is -2.08. The number of hydrogen-bond acceptors (Lipinski definition) is 15. The summed E-state index contributed by atoms with van der Waals surface area (Å²) in [4.78, 5) is 51.2. The Morgan fingerprint density at radius 2 is 2.02 bits per heavy atom. The smallest absolute Gasteiger partial charge is 0.352 e. The van der Waals surface area contributed by atoms with E-state index in [2.05, 4.69) is 25.0 Å². The van der Waals surface area contributed by atoms with E-state index in [9.17, 15) is 38.1 Å². The molecule has 240 valence electrons. The van der Waals surface area contributed by atoms with E-state index >= 15 is 0 Å². The van der Waals surface area contributed by atoms with Crippen LogP contribution in [0, 0.1) is 0 Å². The van der Waals surface area contributed by atoms with Crippen LogP contribution in [0.15, 0.2) is 41.4 Å². The fourth-order valence-electron chi connectivity index (χ4n) is 5.14. The lowest BCUT2D eigenvalue weighted by Crippen LogP contribution is -2.70. The number of aliphatic hydroxyl groups is 2. The number of nitrogens with two attached hydrogens (primary N) is 1. The Morgan fingerprint density at radius 3 is 2.76 bits per heavy atom. The van der Waals surface area contributed by atoms with Gasteiger partial charge in [0.15, 0.2) is 17.7 Å². The summed E-state index contributed by atoms with van der Waals surface area (Å²) in [5.41, 5.74) is 5.97. The molecule has 3 aromatic heterocycles. The van der Waals surface area contributed by atoms with Gasteiger partial charge in [-0.15, -0.1) is 23.1 Å². The fourth-order valence-corrected chi connectivity index (χ4v) is 7.94. The number of ether oxygens (including phenoxy) is 1. The molecule has 0 unspecified atom stereocenters. The summed E-state index contributed by atoms with van der Waals surface area (Å²) < 4.78 is 39.4. The summed E-state index contributed by atoms with van der Waals surface area (Å²) in [6.45, 7) is -1.20. The Hall–Kier alpha value is -3.70. The molecule has 2 amide bonds. The van der Waals surface area contributed by atoms with Gasteiger partial charge in [0.25, 0.3) is 5.91 Å². The molecule has 6 rings (SSSR count). The van der Waals surface area contributed by atoms with E-state index < -0.39 is 71.3 Å². The largest absolute Gasteiger partial charge is 0.477 e. The highest BCUT2D eigenvalue weighted by atomic mass is 32.2. The maximum absolute atomic E-state index is 12.9. The average Bonchev–Trinajstić information content (AvgIpc) is 3.74. The second-order valence-electron chi connectivity index (χ2n) is 10.2. The van der Waals surface area contributed by atoms with Crippen LogP contribution in [-0.4, -0.2) is 115 Å². The molecule has 0 aromatic carbocycles. The van der Waals surface area contributed by atoms with Crippen molar-refractivity contribution in [1.29, 1.82) is 0 Å². The maximum Gasteiger partial charge on any atom is 0.352 e. The number of thiophene rings is 1. The molecule has 0 aliphatic carbocycles. The number of carbonyl (C=O) groups excluding carboxylic acids is 2. The lowest BCUT2D eigenvalue weighted by molar-refractivity contribution is -0.150. The molecule has 18 nitrogen and oxygen atoms in total. The van der Waals surface area contributed by atoms with E-state index in [1.807, 2.05) is 5.38 Å². The van der Waals surface area contributed by atoms with Gasteiger partial charge in [0, 0.05) is 17.2 Å². The highest BCUT2D eigenvalue weighted by Gasteiger charge is 2.54. The molecule has 2 saturated heterocycles. The Balaban J connectivity index is 1.06. The van der Waals surface area contributed by atoms with Gasteiger partial charge in [-0.3, -0.25) is 23.2 Å². The van der Waals surface area contributed by atoms with Gasteiger partial charge in [-0.25, -0.2) is 19.7 Å². The normalized spacial score (nSPS) is 26.6. The number of nitrogen functional groups attached to an aromatic ring is 1. The van der Waals surface area contributed by atoms with E-state index in [1.54, 1.807) is 12.1 Å². The minimum Gasteiger partial charge on any atom is -0.477 e. The van der Waals surface area contributed by atoms with Gasteiger partial charge in [0.2, 0.25) is 5.91 Å². The number of amides is 2. The van der Waals surface area contributed by atoms with Crippen molar-refractivity contribution in [2.24, 2.45) is 0 Å². The second kappa shape index (κ2) is 12.2. The summed E-state index contributed by atoms with van der Waals surface area (Å²) in [6.07, 6.45) is -2.99. The number of anilines is 1. The van der Waals surface area contributed by atoms with Crippen molar-refractivity contribution in [3.63, 3.8) is 0 Å². The van der Waals surface area contributed by atoms with Crippen LogP contribution >= 0.6 is 23.1 Å². The molecule has 2 fully saturated rings.